The van der Waals surface area contributed by atoms with Crippen LogP contribution in [0.5, 0.6) is 0 Å². The number of amides is 1. The Balaban J connectivity index is 1.73. The lowest BCUT2D eigenvalue weighted by atomic mass is 10.1. The van der Waals surface area contributed by atoms with Gasteiger partial charge in [-0.1, -0.05) is 15.9 Å². The molecule has 2 N–H and O–H groups in total. The number of nitrogens with zero attached hydrogens (tertiary/aromatic N) is 1. The molecule has 1 heterocycles. The first kappa shape index (κ1) is 20.0. The third-order valence-corrected chi connectivity index (χ3v) is 7.27. The van der Waals surface area contributed by atoms with Gasteiger partial charge in [0, 0.05) is 41.4 Å². The molecule has 2 aromatic carbocycles. The quantitative estimate of drug-likeness (QED) is 0.748. The van der Waals surface area contributed by atoms with E-state index < -0.39 is 10.0 Å². The lowest BCUT2D eigenvalue weighted by molar-refractivity contribution is 0.102. The number of aryl methyl sites for hydroxylation is 1. The van der Waals surface area contributed by atoms with Crippen LogP contribution < -0.4 is 10.6 Å². The molecule has 8 heteroatoms. The van der Waals surface area contributed by atoms with Crippen molar-refractivity contribution < 1.29 is 13.2 Å². The van der Waals surface area contributed by atoms with Crippen molar-refractivity contribution in [2.75, 3.05) is 25.0 Å². The van der Waals surface area contributed by atoms with E-state index in [-0.39, 0.29) is 16.8 Å². The second-order valence-electron chi connectivity index (χ2n) is 6.66. The Bertz CT molecular complexity index is 945. The van der Waals surface area contributed by atoms with Crippen molar-refractivity contribution in [1.29, 1.82) is 0 Å². The second kappa shape index (κ2) is 8.10. The Morgan fingerprint density at radius 2 is 1.93 bits per heavy atom. The molecule has 1 aliphatic heterocycles. The first-order chi connectivity index (χ1) is 12.8. The van der Waals surface area contributed by atoms with Gasteiger partial charge in [-0.15, -0.1) is 0 Å². The fraction of sp³-hybridized carbons (Fsp3) is 0.316. The van der Waals surface area contributed by atoms with Gasteiger partial charge in [-0.2, -0.15) is 4.31 Å². The zero-order valence-corrected chi connectivity index (χ0v) is 17.6. The summed E-state index contributed by atoms with van der Waals surface area (Å²) in [5.74, 6) is -0.239. The van der Waals surface area contributed by atoms with E-state index in [4.69, 9.17) is 0 Å². The van der Waals surface area contributed by atoms with Gasteiger partial charge in [-0.3, -0.25) is 4.79 Å². The van der Waals surface area contributed by atoms with E-state index in [1.54, 1.807) is 24.3 Å². The maximum Gasteiger partial charge on any atom is 0.255 e. The molecule has 1 unspecified atom stereocenters. The molecule has 0 aromatic heterocycles. The van der Waals surface area contributed by atoms with Gasteiger partial charge in [0.15, 0.2) is 0 Å². The molecule has 1 aliphatic rings. The summed E-state index contributed by atoms with van der Waals surface area (Å²) in [6.45, 7) is 5.42. The van der Waals surface area contributed by atoms with Gasteiger partial charge in [0.05, 0.1) is 4.90 Å². The largest absolute Gasteiger partial charge is 0.322 e. The third-order valence-electron chi connectivity index (χ3n) is 4.50. The van der Waals surface area contributed by atoms with E-state index in [0.29, 0.717) is 30.9 Å². The predicted octanol–water partition coefficient (Wildman–Crippen LogP) is 2.99. The van der Waals surface area contributed by atoms with Crippen molar-refractivity contribution in [3.8, 4) is 0 Å². The highest BCUT2D eigenvalue weighted by molar-refractivity contribution is 9.10. The van der Waals surface area contributed by atoms with Crippen LogP contribution in [-0.2, 0) is 10.0 Å². The molecule has 1 fully saturated rings. The summed E-state index contributed by atoms with van der Waals surface area (Å²) in [5.41, 5.74) is 2.06. The molecule has 0 bridgehead atoms. The van der Waals surface area contributed by atoms with E-state index in [9.17, 15) is 13.2 Å². The van der Waals surface area contributed by atoms with Crippen LogP contribution in [0, 0.1) is 6.92 Å². The van der Waals surface area contributed by atoms with Crippen LogP contribution >= 0.6 is 15.9 Å². The zero-order valence-electron chi connectivity index (χ0n) is 15.2. The Hall–Kier alpha value is -1.74. The van der Waals surface area contributed by atoms with Gasteiger partial charge < -0.3 is 10.6 Å². The molecule has 2 aromatic rings. The summed E-state index contributed by atoms with van der Waals surface area (Å²) in [6, 6.07) is 11.8. The number of piperazine rings is 1. The first-order valence-corrected chi connectivity index (χ1v) is 10.9. The lowest BCUT2D eigenvalue weighted by Gasteiger charge is -2.31. The van der Waals surface area contributed by atoms with Crippen molar-refractivity contribution >= 4 is 37.5 Å². The molecule has 6 nitrogen and oxygen atoms in total. The molecule has 0 spiro atoms. The summed E-state index contributed by atoms with van der Waals surface area (Å²) in [5, 5.41) is 6.03. The molecule has 1 atom stereocenters. The van der Waals surface area contributed by atoms with Crippen molar-refractivity contribution in [3.05, 3.63) is 58.1 Å². The summed E-state index contributed by atoms with van der Waals surface area (Å²) in [7, 11) is -3.53. The number of hydrogen-bond acceptors (Lipinski definition) is 4. The minimum absolute atomic E-state index is 0.126. The van der Waals surface area contributed by atoms with E-state index in [1.807, 2.05) is 19.9 Å². The number of nitrogens with one attached hydrogen (secondary N) is 2. The van der Waals surface area contributed by atoms with Crippen LogP contribution in [0.1, 0.15) is 22.8 Å². The van der Waals surface area contributed by atoms with Crippen LogP contribution in [0.25, 0.3) is 0 Å². The Morgan fingerprint density at radius 1 is 1.22 bits per heavy atom. The number of anilines is 1. The fourth-order valence-corrected chi connectivity index (χ4v) is 4.74. The maximum atomic E-state index is 12.8. The molecule has 3 rings (SSSR count). The van der Waals surface area contributed by atoms with E-state index in [1.165, 1.54) is 16.4 Å². The number of carbonyl (C=O) groups excluding carboxylic acids is 1. The smallest absolute Gasteiger partial charge is 0.255 e. The average molecular weight is 452 g/mol. The molecule has 1 saturated heterocycles. The number of halogens is 1. The van der Waals surface area contributed by atoms with Crippen LogP contribution in [-0.4, -0.2) is 44.3 Å². The standard InChI is InChI=1S/C19H22BrN3O3S/c1-13-11-15(3-8-18(13)20)19(24)22-16-4-6-17(7-5-16)27(25,26)23-10-9-21-14(2)12-23/h3-8,11,14,21H,9-10,12H2,1-2H3,(H,22,24). The SMILES string of the molecule is Cc1cc(C(=O)Nc2ccc(S(=O)(=O)N3CCNC(C)C3)cc2)ccc1Br. The minimum Gasteiger partial charge on any atom is -0.322 e. The average Bonchev–Trinajstić information content (AvgIpc) is 2.64. The molecule has 0 saturated carbocycles. The number of rotatable bonds is 4. The van der Waals surface area contributed by atoms with Crippen LogP contribution in [0.4, 0.5) is 5.69 Å². The number of benzene rings is 2. The topological polar surface area (TPSA) is 78.5 Å². The predicted molar refractivity (Wildman–Crippen MR) is 109 cm³/mol. The van der Waals surface area contributed by atoms with Crippen molar-refractivity contribution in [3.63, 3.8) is 0 Å². The Labute approximate surface area is 168 Å². The maximum absolute atomic E-state index is 12.8. The van der Waals surface area contributed by atoms with E-state index in [0.717, 1.165) is 10.0 Å². The third kappa shape index (κ3) is 4.57. The second-order valence-corrected chi connectivity index (χ2v) is 9.45. The highest BCUT2D eigenvalue weighted by Gasteiger charge is 2.28. The fourth-order valence-electron chi connectivity index (χ4n) is 2.96. The zero-order chi connectivity index (χ0) is 19.6. The van der Waals surface area contributed by atoms with Gasteiger partial charge in [0.2, 0.25) is 10.0 Å². The summed E-state index contributed by atoms with van der Waals surface area (Å²) in [4.78, 5) is 12.6. The molecule has 0 aliphatic carbocycles. The number of carbonyl (C=O) groups is 1. The van der Waals surface area contributed by atoms with Crippen molar-refractivity contribution in [2.24, 2.45) is 0 Å². The molecule has 27 heavy (non-hydrogen) atoms. The van der Waals surface area contributed by atoms with E-state index >= 15 is 0 Å². The molecule has 144 valence electrons. The molecule has 1 amide bonds. The summed E-state index contributed by atoms with van der Waals surface area (Å²) < 4.78 is 28.0. The summed E-state index contributed by atoms with van der Waals surface area (Å²) in [6.07, 6.45) is 0. The van der Waals surface area contributed by atoms with Crippen LogP contribution in [0.2, 0.25) is 0 Å². The van der Waals surface area contributed by atoms with Gasteiger partial charge in [-0.25, -0.2) is 8.42 Å². The van der Waals surface area contributed by atoms with Gasteiger partial charge in [0.25, 0.3) is 5.91 Å². The lowest BCUT2D eigenvalue weighted by Crippen LogP contribution is -2.51. The number of hydrogen-bond donors (Lipinski definition) is 2. The first-order valence-electron chi connectivity index (χ1n) is 8.68. The highest BCUT2D eigenvalue weighted by Crippen LogP contribution is 2.21. The Kier molecular flexibility index (Phi) is 6.00. The Morgan fingerprint density at radius 3 is 2.56 bits per heavy atom. The van der Waals surface area contributed by atoms with Gasteiger partial charge in [0.1, 0.15) is 0 Å². The summed E-state index contributed by atoms with van der Waals surface area (Å²) >= 11 is 3.41. The molecular weight excluding hydrogens is 430 g/mol. The van der Waals surface area contributed by atoms with Gasteiger partial charge >= 0.3 is 0 Å². The molecular formula is C19H22BrN3O3S. The highest BCUT2D eigenvalue weighted by atomic mass is 79.9. The van der Waals surface area contributed by atoms with Gasteiger partial charge in [-0.05, 0) is 61.9 Å². The molecule has 0 radical (unpaired) electrons. The monoisotopic (exact) mass is 451 g/mol. The van der Waals surface area contributed by atoms with Crippen molar-refractivity contribution in [2.45, 2.75) is 24.8 Å². The van der Waals surface area contributed by atoms with Crippen LogP contribution in [0.15, 0.2) is 51.8 Å². The van der Waals surface area contributed by atoms with Crippen LogP contribution in [0.3, 0.4) is 0 Å². The van der Waals surface area contributed by atoms with Crippen molar-refractivity contribution in [1.82, 2.24) is 9.62 Å². The number of sulfonamides is 1. The normalized spacial score (nSPS) is 18.3. The van der Waals surface area contributed by atoms with E-state index in [2.05, 4.69) is 26.6 Å². The minimum atomic E-state index is -3.53.